The van der Waals surface area contributed by atoms with Crippen LogP contribution >= 0.6 is 0 Å². The van der Waals surface area contributed by atoms with Crippen molar-refractivity contribution >= 4 is 11.8 Å². The van der Waals surface area contributed by atoms with E-state index in [1.165, 1.54) is 0 Å². The van der Waals surface area contributed by atoms with Crippen LogP contribution in [-0.2, 0) is 18.0 Å². The highest BCUT2D eigenvalue weighted by Gasteiger charge is 2.49. The summed E-state index contributed by atoms with van der Waals surface area (Å²) in [6.45, 7) is 9.63. The SMILES string of the molecule is Cc1nc(-c2ccc(OCc3ccccc3)nc2OCc2ccccc2)ccc1N1CCN([C@H]2CCN(C(=O)OC(C)(C)C)CC2(F)F)CC1. The van der Waals surface area contributed by atoms with Gasteiger partial charge in [-0.05, 0) is 63.4 Å². The summed E-state index contributed by atoms with van der Waals surface area (Å²) in [5.74, 6) is -2.16. The highest BCUT2D eigenvalue weighted by molar-refractivity contribution is 5.69. The smallest absolute Gasteiger partial charge is 0.410 e. The van der Waals surface area contributed by atoms with Gasteiger partial charge in [-0.2, -0.15) is 4.98 Å². The number of pyridine rings is 2. The lowest BCUT2D eigenvalue weighted by atomic mass is 9.98. The number of piperidine rings is 1. The van der Waals surface area contributed by atoms with Crippen LogP contribution in [0.5, 0.6) is 11.8 Å². The summed E-state index contributed by atoms with van der Waals surface area (Å²) in [7, 11) is 0. The molecule has 9 nitrogen and oxygen atoms in total. The van der Waals surface area contributed by atoms with Gasteiger partial charge in [0.05, 0.1) is 35.2 Å². The number of aromatic nitrogens is 2. The first kappa shape index (κ1) is 35.1. The van der Waals surface area contributed by atoms with Gasteiger partial charge >= 0.3 is 6.09 Å². The normalized spacial score (nSPS) is 18.1. The Morgan fingerprint density at radius 1 is 0.820 bits per heavy atom. The van der Waals surface area contributed by atoms with Crippen LogP contribution in [0.2, 0.25) is 0 Å². The summed E-state index contributed by atoms with van der Waals surface area (Å²) in [4.78, 5) is 27.3. The molecule has 0 spiro atoms. The Labute approximate surface area is 292 Å². The summed E-state index contributed by atoms with van der Waals surface area (Å²) in [6, 6.07) is 26.6. The summed E-state index contributed by atoms with van der Waals surface area (Å²) < 4.78 is 48.3. The van der Waals surface area contributed by atoms with Crippen molar-refractivity contribution in [1.29, 1.82) is 0 Å². The van der Waals surface area contributed by atoms with Crippen molar-refractivity contribution in [2.45, 2.75) is 64.9 Å². The fourth-order valence-electron chi connectivity index (χ4n) is 6.44. The number of alkyl halides is 2. The maximum Gasteiger partial charge on any atom is 0.410 e. The van der Waals surface area contributed by atoms with Gasteiger partial charge in [0.25, 0.3) is 5.92 Å². The van der Waals surface area contributed by atoms with Gasteiger partial charge in [-0.15, -0.1) is 0 Å². The van der Waals surface area contributed by atoms with Gasteiger partial charge in [-0.1, -0.05) is 60.7 Å². The first-order valence-corrected chi connectivity index (χ1v) is 17.1. The van der Waals surface area contributed by atoms with Gasteiger partial charge in [0.1, 0.15) is 18.8 Å². The van der Waals surface area contributed by atoms with Crippen molar-refractivity contribution in [3.63, 3.8) is 0 Å². The molecule has 4 aromatic rings. The van der Waals surface area contributed by atoms with Crippen LogP contribution < -0.4 is 14.4 Å². The number of ether oxygens (including phenoxy) is 3. The summed E-state index contributed by atoms with van der Waals surface area (Å²) in [5, 5.41) is 0. The standard InChI is InChI=1S/C39H45F2N5O4/c1-28-33(44-21-23-45(24-22-44)34-19-20-46(27-39(34,40)41)37(47)50-38(2,3)4)17-16-32(42-28)31-15-18-35(48-25-29-11-7-5-8-12-29)43-36(31)49-26-30-13-9-6-10-14-30/h5-18,34H,19-27H2,1-4H3/t34-/m0/s1. The zero-order chi connectivity index (χ0) is 35.3. The van der Waals surface area contributed by atoms with Crippen LogP contribution in [0.4, 0.5) is 19.3 Å². The molecule has 0 radical (unpaired) electrons. The molecule has 50 heavy (non-hydrogen) atoms. The van der Waals surface area contributed by atoms with E-state index in [1.807, 2.05) is 96.8 Å². The Hall–Kier alpha value is -4.77. The van der Waals surface area contributed by atoms with Crippen molar-refractivity contribution in [3.8, 4) is 23.0 Å². The molecule has 264 valence electrons. The average molecular weight is 686 g/mol. The largest absolute Gasteiger partial charge is 0.473 e. The van der Waals surface area contributed by atoms with E-state index in [-0.39, 0.29) is 13.0 Å². The monoisotopic (exact) mass is 685 g/mol. The molecule has 6 rings (SSSR count). The lowest BCUT2D eigenvalue weighted by Crippen LogP contribution is -2.62. The third kappa shape index (κ3) is 8.68. The van der Waals surface area contributed by atoms with Crippen molar-refractivity contribution in [2.24, 2.45) is 0 Å². The molecular weight excluding hydrogens is 640 g/mol. The molecule has 1 atom stereocenters. The van der Waals surface area contributed by atoms with Gasteiger partial charge in [-0.25, -0.2) is 13.6 Å². The molecule has 11 heteroatoms. The van der Waals surface area contributed by atoms with Crippen LogP contribution in [0, 0.1) is 6.92 Å². The maximum atomic E-state index is 15.4. The molecule has 2 fully saturated rings. The topological polar surface area (TPSA) is 80.3 Å². The summed E-state index contributed by atoms with van der Waals surface area (Å²) >= 11 is 0. The Balaban J connectivity index is 1.12. The van der Waals surface area contributed by atoms with E-state index in [9.17, 15) is 4.79 Å². The molecule has 0 saturated carbocycles. The second kappa shape index (κ2) is 15.0. The maximum absolute atomic E-state index is 15.4. The lowest BCUT2D eigenvalue weighted by Gasteiger charge is -2.46. The number of hydrogen-bond acceptors (Lipinski definition) is 8. The van der Waals surface area contributed by atoms with Crippen molar-refractivity contribution in [2.75, 3.05) is 44.2 Å². The lowest BCUT2D eigenvalue weighted by molar-refractivity contribution is -0.126. The first-order chi connectivity index (χ1) is 23.9. The van der Waals surface area contributed by atoms with E-state index in [0.717, 1.165) is 33.0 Å². The number of likely N-dealkylation sites (tertiary alicyclic amines) is 1. The van der Waals surface area contributed by atoms with Crippen LogP contribution in [0.25, 0.3) is 11.3 Å². The second-order valence-corrected chi connectivity index (χ2v) is 13.8. The fraction of sp³-hybridized carbons (Fsp3) is 0.410. The number of amides is 1. The van der Waals surface area contributed by atoms with Crippen molar-refractivity contribution < 1.29 is 27.8 Å². The molecule has 0 N–H and O–H groups in total. The number of carbonyl (C=O) groups excluding carboxylic acids is 1. The Morgan fingerprint density at radius 3 is 2.06 bits per heavy atom. The van der Waals surface area contributed by atoms with E-state index >= 15 is 8.78 Å². The number of hydrogen-bond donors (Lipinski definition) is 0. The van der Waals surface area contributed by atoms with Crippen LogP contribution in [0.3, 0.4) is 0 Å². The number of aryl methyl sites for hydroxylation is 1. The number of halogens is 2. The molecular formula is C39H45F2N5O4. The molecule has 4 heterocycles. The number of anilines is 1. The third-order valence-electron chi connectivity index (χ3n) is 8.93. The first-order valence-electron chi connectivity index (χ1n) is 17.1. The second-order valence-electron chi connectivity index (χ2n) is 13.8. The van der Waals surface area contributed by atoms with Gasteiger partial charge in [0, 0.05) is 38.8 Å². The summed E-state index contributed by atoms with van der Waals surface area (Å²) in [5.41, 5.74) is 4.56. The summed E-state index contributed by atoms with van der Waals surface area (Å²) in [6.07, 6.45) is -0.495. The molecule has 2 aliphatic rings. The molecule has 2 aromatic carbocycles. The van der Waals surface area contributed by atoms with E-state index in [1.54, 1.807) is 20.8 Å². The molecule has 0 bridgehead atoms. The van der Waals surface area contributed by atoms with Crippen LogP contribution in [0.1, 0.15) is 44.0 Å². The van der Waals surface area contributed by atoms with Gasteiger partial charge in [0.15, 0.2) is 0 Å². The molecule has 2 saturated heterocycles. The van der Waals surface area contributed by atoms with Gasteiger partial charge in [-0.3, -0.25) is 9.88 Å². The molecule has 2 aromatic heterocycles. The third-order valence-corrected chi connectivity index (χ3v) is 8.93. The predicted molar refractivity (Wildman–Crippen MR) is 189 cm³/mol. The minimum Gasteiger partial charge on any atom is -0.473 e. The quantitative estimate of drug-likeness (QED) is 0.181. The minimum absolute atomic E-state index is 0.195. The van der Waals surface area contributed by atoms with Gasteiger partial charge in [0.2, 0.25) is 11.8 Å². The molecule has 1 amide bonds. The molecule has 0 aliphatic carbocycles. The average Bonchev–Trinajstić information content (AvgIpc) is 3.10. The minimum atomic E-state index is -3.03. The van der Waals surface area contributed by atoms with Crippen molar-refractivity contribution in [3.05, 3.63) is 102 Å². The number of piperazine rings is 1. The van der Waals surface area contributed by atoms with E-state index in [4.69, 9.17) is 24.2 Å². The van der Waals surface area contributed by atoms with Gasteiger partial charge < -0.3 is 24.0 Å². The number of benzene rings is 2. The van der Waals surface area contributed by atoms with E-state index in [2.05, 4.69) is 4.90 Å². The Kier molecular flexibility index (Phi) is 10.5. The van der Waals surface area contributed by atoms with Crippen molar-refractivity contribution in [1.82, 2.24) is 19.8 Å². The number of nitrogens with zero attached hydrogens (tertiary/aromatic N) is 5. The van der Waals surface area contributed by atoms with E-state index < -0.39 is 30.2 Å². The molecule has 0 unspecified atom stereocenters. The van der Waals surface area contributed by atoms with Crippen LogP contribution in [-0.4, -0.2) is 82.7 Å². The Morgan fingerprint density at radius 2 is 1.46 bits per heavy atom. The van der Waals surface area contributed by atoms with Crippen LogP contribution in [0.15, 0.2) is 84.9 Å². The Bertz CT molecular complexity index is 1740. The zero-order valence-corrected chi connectivity index (χ0v) is 29.1. The van der Waals surface area contributed by atoms with E-state index in [0.29, 0.717) is 56.8 Å². The predicted octanol–water partition coefficient (Wildman–Crippen LogP) is 7.38. The highest BCUT2D eigenvalue weighted by atomic mass is 19.3. The number of carbonyl (C=O) groups is 1. The molecule has 2 aliphatic heterocycles. The zero-order valence-electron chi connectivity index (χ0n) is 29.1. The number of rotatable bonds is 9. The highest BCUT2D eigenvalue weighted by Crippen LogP contribution is 2.35. The fourth-order valence-corrected chi connectivity index (χ4v) is 6.44.